The van der Waals surface area contributed by atoms with Gasteiger partial charge in [0, 0.05) is 6.42 Å². The Hall–Kier alpha value is -1.06. The fraction of sp³-hybridized carbons (Fsp3) is 0.875. The van der Waals surface area contributed by atoms with Crippen LogP contribution in [0.3, 0.4) is 0 Å². The quantitative estimate of drug-likeness (QED) is 0.680. The number of unbranched alkanes of at least 4 members (excludes halogenated alkanes) is 1. The van der Waals surface area contributed by atoms with Gasteiger partial charge in [-0.2, -0.15) is 0 Å². The summed E-state index contributed by atoms with van der Waals surface area (Å²) in [6.07, 6.45) is 11.4. The summed E-state index contributed by atoms with van der Waals surface area (Å²) in [6.45, 7) is 2.02. The van der Waals surface area contributed by atoms with E-state index >= 15 is 0 Å². The van der Waals surface area contributed by atoms with Gasteiger partial charge in [-0.1, -0.05) is 51.9 Å². The lowest BCUT2D eigenvalue weighted by Crippen LogP contribution is -2.40. The molecular weight excluding hydrogens is 254 g/mol. The largest absolute Gasteiger partial charge is 0.480 e. The zero-order valence-electron chi connectivity index (χ0n) is 12.7. The van der Waals surface area contributed by atoms with E-state index < -0.39 is 12.0 Å². The Morgan fingerprint density at radius 3 is 2.50 bits per heavy atom. The Balaban J connectivity index is 2.18. The van der Waals surface area contributed by atoms with Crippen LogP contribution in [0.1, 0.15) is 77.6 Å². The number of carbonyl (C=O) groups excluding carboxylic acids is 1. The summed E-state index contributed by atoms with van der Waals surface area (Å²) in [7, 11) is 0. The monoisotopic (exact) mass is 283 g/mol. The molecule has 0 bridgehead atoms. The number of hydrogen-bond donors (Lipinski definition) is 2. The number of carboxylic acid groups (broad SMARTS) is 1. The van der Waals surface area contributed by atoms with Gasteiger partial charge in [0.2, 0.25) is 5.91 Å². The summed E-state index contributed by atoms with van der Waals surface area (Å²) in [6, 6.07) is -0.711. The maximum absolute atomic E-state index is 11.8. The van der Waals surface area contributed by atoms with E-state index in [4.69, 9.17) is 5.11 Å². The van der Waals surface area contributed by atoms with Crippen molar-refractivity contribution in [2.45, 2.75) is 83.6 Å². The van der Waals surface area contributed by atoms with Gasteiger partial charge in [-0.25, -0.2) is 4.79 Å². The number of carboxylic acids is 1. The maximum Gasteiger partial charge on any atom is 0.326 e. The van der Waals surface area contributed by atoms with Gasteiger partial charge in [0.1, 0.15) is 6.04 Å². The molecule has 4 nitrogen and oxygen atoms in total. The van der Waals surface area contributed by atoms with Crippen LogP contribution >= 0.6 is 0 Å². The van der Waals surface area contributed by atoms with Crippen LogP contribution in [0.4, 0.5) is 0 Å². The molecule has 0 heterocycles. The second kappa shape index (κ2) is 9.78. The van der Waals surface area contributed by atoms with Crippen molar-refractivity contribution in [2.75, 3.05) is 0 Å². The number of carbonyl (C=O) groups is 2. The average molecular weight is 283 g/mol. The third-order valence-corrected chi connectivity index (χ3v) is 4.22. The minimum atomic E-state index is -0.918. The predicted octanol–water partition coefficient (Wildman–Crippen LogP) is 3.50. The molecule has 20 heavy (non-hydrogen) atoms. The molecule has 1 amide bonds. The zero-order valence-corrected chi connectivity index (χ0v) is 12.7. The van der Waals surface area contributed by atoms with Crippen molar-refractivity contribution >= 4 is 11.9 Å². The zero-order chi connectivity index (χ0) is 14.8. The highest BCUT2D eigenvalue weighted by Crippen LogP contribution is 2.27. The highest BCUT2D eigenvalue weighted by atomic mass is 16.4. The molecule has 0 radical (unpaired) electrons. The molecule has 0 aliphatic heterocycles. The summed E-state index contributed by atoms with van der Waals surface area (Å²) in [4.78, 5) is 22.8. The Morgan fingerprint density at radius 1 is 1.20 bits per heavy atom. The second-order valence-electron chi connectivity index (χ2n) is 6.00. The molecule has 1 saturated carbocycles. The fourth-order valence-corrected chi connectivity index (χ4v) is 2.96. The second-order valence-corrected chi connectivity index (χ2v) is 6.00. The minimum absolute atomic E-state index is 0.107. The molecule has 1 fully saturated rings. The van der Waals surface area contributed by atoms with Crippen molar-refractivity contribution in [3.63, 3.8) is 0 Å². The molecule has 1 aliphatic rings. The molecular formula is C16H29NO3. The maximum atomic E-state index is 11.8. The molecule has 0 spiro atoms. The molecule has 0 unspecified atom stereocenters. The number of rotatable bonds is 9. The van der Waals surface area contributed by atoms with Crippen LogP contribution in [-0.4, -0.2) is 23.0 Å². The third-order valence-electron chi connectivity index (χ3n) is 4.22. The summed E-state index contributed by atoms with van der Waals surface area (Å²) < 4.78 is 0. The van der Waals surface area contributed by atoms with E-state index in [9.17, 15) is 9.59 Å². The summed E-state index contributed by atoms with van der Waals surface area (Å²) in [5.41, 5.74) is 0. The summed E-state index contributed by atoms with van der Waals surface area (Å²) in [5.74, 6) is -0.240. The van der Waals surface area contributed by atoms with Crippen molar-refractivity contribution in [3.05, 3.63) is 0 Å². The van der Waals surface area contributed by atoms with Crippen LogP contribution < -0.4 is 5.32 Å². The SMILES string of the molecule is CCCC[C@H](NC(=O)CCCC1CCCCC1)C(=O)O. The van der Waals surface area contributed by atoms with Crippen LogP contribution in [0.15, 0.2) is 0 Å². The first-order valence-corrected chi connectivity index (χ1v) is 8.15. The van der Waals surface area contributed by atoms with Gasteiger partial charge in [0.05, 0.1) is 0 Å². The molecule has 0 aromatic rings. The highest BCUT2D eigenvalue weighted by Gasteiger charge is 2.19. The first kappa shape index (κ1) is 17.0. The molecule has 2 N–H and O–H groups in total. The average Bonchev–Trinajstić information content (AvgIpc) is 2.44. The predicted molar refractivity (Wildman–Crippen MR) is 79.5 cm³/mol. The van der Waals surface area contributed by atoms with E-state index in [-0.39, 0.29) is 5.91 Å². The first-order valence-electron chi connectivity index (χ1n) is 8.15. The standard InChI is InChI=1S/C16H29NO3/c1-2-3-11-14(16(19)20)17-15(18)12-7-10-13-8-5-4-6-9-13/h13-14H,2-12H2,1H3,(H,17,18)(H,19,20)/t14-/m0/s1. The molecule has 4 heteroatoms. The van der Waals surface area contributed by atoms with E-state index in [2.05, 4.69) is 5.32 Å². The molecule has 0 aromatic carbocycles. The first-order chi connectivity index (χ1) is 9.63. The van der Waals surface area contributed by atoms with Crippen LogP contribution in [0, 0.1) is 5.92 Å². The van der Waals surface area contributed by atoms with Gasteiger partial charge in [-0.05, 0) is 25.2 Å². The minimum Gasteiger partial charge on any atom is -0.480 e. The van der Waals surface area contributed by atoms with Crippen LogP contribution in [0.2, 0.25) is 0 Å². The normalized spacial score (nSPS) is 17.6. The number of hydrogen-bond acceptors (Lipinski definition) is 2. The van der Waals surface area contributed by atoms with E-state index in [1.54, 1.807) is 0 Å². The van der Waals surface area contributed by atoms with Gasteiger partial charge < -0.3 is 10.4 Å². The fourth-order valence-electron chi connectivity index (χ4n) is 2.96. The van der Waals surface area contributed by atoms with Crippen LogP contribution in [0.25, 0.3) is 0 Å². The van der Waals surface area contributed by atoms with Gasteiger partial charge in [0.15, 0.2) is 0 Å². The lowest BCUT2D eigenvalue weighted by molar-refractivity contribution is -0.142. The summed E-state index contributed by atoms with van der Waals surface area (Å²) >= 11 is 0. The van der Waals surface area contributed by atoms with Crippen molar-refractivity contribution in [3.8, 4) is 0 Å². The van der Waals surface area contributed by atoms with Gasteiger partial charge >= 0.3 is 5.97 Å². The third kappa shape index (κ3) is 6.92. The smallest absolute Gasteiger partial charge is 0.326 e. The van der Waals surface area contributed by atoms with Crippen molar-refractivity contribution < 1.29 is 14.7 Å². The number of aliphatic carboxylic acids is 1. The number of amides is 1. The Morgan fingerprint density at radius 2 is 1.90 bits per heavy atom. The molecule has 1 atom stereocenters. The summed E-state index contributed by atoms with van der Waals surface area (Å²) in [5, 5.41) is 11.7. The van der Waals surface area contributed by atoms with Crippen molar-refractivity contribution in [2.24, 2.45) is 5.92 Å². The number of nitrogens with one attached hydrogen (secondary N) is 1. The molecule has 0 saturated heterocycles. The van der Waals surface area contributed by atoms with E-state index in [1.807, 2.05) is 6.92 Å². The Kier molecular flexibility index (Phi) is 8.31. The Bertz CT molecular complexity index is 298. The van der Waals surface area contributed by atoms with Crippen LogP contribution in [0.5, 0.6) is 0 Å². The van der Waals surface area contributed by atoms with Crippen molar-refractivity contribution in [1.29, 1.82) is 0 Å². The van der Waals surface area contributed by atoms with E-state index in [0.29, 0.717) is 12.8 Å². The van der Waals surface area contributed by atoms with Gasteiger partial charge in [-0.15, -0.1) is 0 Å². The van der Waals surface area contributed by atoms with Crippen molar-refractivity contribution in [1.82, 2.24) is 5.32 Å². The van der Waals surface area contributed by atoms with Gasteiger partial charge in [-0.3, -0.25) is 4.79 Å². The highest BCUT2D eigenvalue weighted by molar-refractivity contribution is 5.83. The molecule has 0 aromatic heterocycles. The molecule has 1 rings (SSSR count). The topological polar surface area (TPSA) is 66.4 Å². The molecule has 116 valence electrons. The van der Waals surface area contributed by atoms with E-state index in [1.165, 1.54) is 32.1 Å². The van der Waals surface area contributed by atoms with Gasteiger partial charge in [0.25, 0.3) is 0 Å². The lowest BCUT2D eigenvalue weighted by atomic mass is 9.86. The van der Waals surface area contributed by atoms with E-state index in [0.717, 1.165) is 31.6 Å². The molecule has 1 aliphatic carbocycles. The Labute approximate surface area is 122 Å². The lowest BCUT2D eigenvalue weighted by Gasteiger charge is -2.21. The van der Waals surface area contributed by atoms with Crippen LogP contribution in [-0.2, 0) is 9.59 Å².